The molecule has 6 heteroatoms. The first kappa shape index (κ1) is 13.1. The third-order valence-electron chi connectivity index (χ3n) is 3.03. The second kappa shape index (κ2) is 5.14. The molecule has 0 N–H and O–H groups in total. The van der Waals surface area contributed by atoms with Gasteiger partial charge in [-0.15, -0.1) is 22.9 Å². The summed E-state index contributed by atoms with van der Waals surface area (Å²) < 4.78 is 37.3. The van der Waals surface area contributed by atoms with Crippen LogP contribution in [0.25, 0.3) is 0 Å². The van der Waals surface area contributed by atoms with E-state index in [1.807, 2.05) is 0 Å². The highest BCUT2D eigenvalue weighted by molar-refractivity contribution is 7.11. The minimum atomic E-state index is -4.33. The van der Waals surface area contributed by atoms with Crippen LogP contribution in [0.3, 0.4) is 0 Å². The van der Waals surface area contributed by atoms with Crippen LogP contribution in [-0.2, 0) is 6.18 Å². The van der Waals surface area contributed by atoms with Gasteiger partial charge in [0.05, 0.1) is 0 Å². The molecule has 1 nitrogen and oxygen atoms in total. The van der Waals surface area contributed by atoms with Gasteiger partial charge in [0.1, 0.15) is 0 Å². The van der Waals surface area contributed by atoms with E-state index in [4.69, 9.17) is 11.6 Å². The van der Waals surface area contributed by atoms with Gasteiger partial charge in [-0.3, -0.25) is 0 Å². The number of aromatic nitrogens is 1. The molecule has 0 amide bonds. The summed E-state index contributed by atoms with van der Waals surface area (Å²) in [5, 5.41) is -0.665. The average Bonchev–Trinajstić information content (AvgIpc) is 2.63. The summed E-state index contributed by atoms with van der Waals surface area (Å²) >= 11 is 6.89. The molecule has 0 spiro atoms. The van der Waals surface area contributed by atoms with Crippen molar-refractivity contribution in [3.63, 3.8) is 0 Å². The van der Waals surface area contributed by atoms with Crippen LogP contribution in [0, 0.1) is 0 Å². The lowest BCUT2D eigenvalue weighted by molar-refractivity contribution is -0.137. The van der Waals surface area contributed by atoms with Crippen LogP contribution in [-0.4, -0.2) is 10.4 Å². The molecule has 0 aromatic carbocycles. The first-order valence-corrected chi connectivity index (χ1v) is 6.89. The van der Waals surface area contributed by atoms with Crippen LogP contribution < -0.4 is 0 Å². The predicted molar refractivity (Wildman–Crippen MR) is 62.6 cm³/mol. The fourth-order valence-electron chi connectivity index (χ4n) is 2.17. The van der Waals surface area contributed by atoms with Crippen LogP contribution in [0.4, 0.5) is 13.2 Å². The summed E-state index contributed by atoms with van der Waals surface area (Å²) in [5.41, 5.74) is 0. The normalized spacial score (nSPS) is 26.8. The lowest BCUT2D eigenvalue weighted by Gasteiger charge is -2.13. The zero-order valence-electron chi connectivity index (χ0n) is 9.13. The first-order valence-electron chi connectivity index (χ1n) is 5.64. The van der Waals surface area contributed by atoms with Crippen molar-refractivity contribution in [3.05, 3.63) is 16.1 Å². The van der Waals surface area contributed by atoms with Crippen LogP contribution in [0.1, 0.15) is 47.9 Å². The quantitative estimate of drug-likeness (QED) is 0.532. The van der Waals surface area contributed by atoms with E-state index in [9.17, 15) is 13.2 Å². The maximum absolute atomic E-state index is 12.4. The number of hydrogen-bond donors (Lipinski definition) is 0. The molecule has 1 aromatic rings. The average molecular weight is 284 g/mol. The van der Waals surface area contributed by atoms with Crippen molar-refractivity contribution >= 4 is 22.9 Å². The number of nitrogens with zero attached hydrogens (tertiary/aromatic N) is 1. The van der Waals surface area contributed by atoms with Gasteiger partial charge in [0, 0.05) is 16.5 Å². The molecule has 1 aliphatic rings. The van der Waals surface area contributed by atoms with E-state index in [1.165, 1.54) is 6.20 Å². The molecule has 0 saturated heterocycles. The van der Waals surface area contributed by atoms with E-state index in [1.54, 1.807) is 0 Å². The zero-order chi connectivity index (χ0) is 12.5. The lowest BCUT2D eigenvalue weighted by Crippen LogP contribution is -2.03. The van der Waals surface area contributed by atoms with Crippen molar-refractivity contribution in [1.82, 2.24) is 4.98 Å². The predicted octanol–water partition coefficient (Wildman–Crippen LogP) is 4.82. The SMILES string of the molecule is FC(F)(F)c1ncc(C2CCCCC(Cl)C2)s1. The van der Waals surface area contributed by atoms with Gasteiger partial charge < -0.3 is 0 Å². The molecule has 1 saturated carbocycles. The van der Waals surface area contributed by atoms with Gasteiger partial charge in [-0.2, -0.15) is 13.2 Å². The van der Waals surface area contributed by atoms with Gasteiger partial charge in [0.15, 0.2) is 5.01 Å². The highest BCUT2D eigenvalue weighted by Gasteiger charge is 2.35. The number of rotatable bonds is 1. The van der Waals surface area contributed by atoms with Gasteiger partial charge in [0.2, 0.25) is 0 Å². The van der Waals surface area contributed by atoms with Gasteiger partial charge in [-0.05, 0) is 25.2 Å². The molecule has 96 valence electrons. The minimum absolute atomic E-state index is 0.0823. The molecule has 2 atom stereocenters. The van der Waals surface area contributed by atoms with Crippen molar-refractivity contribution < 1.29 is 13.2 Å². The Hall–Kier alpha value is -0.290. The van der Waals surface area contributed by atoms with E-state index < -0.39 is 11.2 Å². The minimum Gasteiger partial charge on any atom is -0.240 e. The van der Waals surface area contributed by atoms with E-state index in [0.717, 1.165) is 48.3 Å². The number of hydrogen-bond acceptors (Lipinski definition) is 2. The number of thiazole rings is 1. The number of alkyl halides is 4. The van der Waals surface area contributed by atoms with Gasteiger partial charge in [-0.1, -0.05) is 12.8 Å². The third kappa shape index (κ3) is 3.35. The van der Waals surface area contributed by atoms with E-state index in [2.05, 4.69) is 4.98 Å². The first-order chi connectivity index (χ1) is 7.97. The van der Waals surface area contributed by atoms with Crippen LogP contribution in [0.15, 0.2) is 6.20 Å². The Bertz CT molecular complexity index is 377. The Morgan fingerprint density at radius 2 is 2.00 bits per heavy atom. The molecule has 0 bridgehead atoms. The third-order valence-corrected chi connectivity index (χ3v) is 4.63. The van der Waals surface area contributed by atoms with Crippen molar-refractivity contribution in [2.75, 3.05) is 0 Å². The van der Waals surface area contributed by atoms with Crippen LogP contribution >= 0.6 is 22.9 Å². The summed E-state index contributed by atoms with van der Waals surface area (Å²) in [6.07, 6.45) is 1.79. The lowest BCUT2D eigenvalue weighted by atomic mass is 9.99. The molecule has 0 radical (unpaired) electrons. The smallest absolute Gasteiger partial charge is 0.240 e. The maximum atomic E-state index is 12.4. The molecule has 1 aliphatic carbocycles. The standard InChI is InChI=1S/C11H13ClF3NS/c12-8-4-2-1-3-7(5-8)9-6-16-10(17-9)11(13,14)15/h6-8H,1-5H2. The summed E-state index contributed by atoms with van der Waals surface area (Å²) in [5.74, 6) is 0.147. The second-order valence-electron chi connectivity index (χ2n) is 4.38. The topological polar surface area (TPSA) is 12.9 Å². The molecule has 2 unspecified atom stereocenters. The molecule has 1 heterocycles. The van der Waals surface area contributed by atoms with Crippen LogP contribution in [0.5, 0.6) is 0 Å². The number of halogens is 4. The van der Waals surface area contributed by atoms with E-state index >= 15 is 0 Å². The van der Waals surface area contributed by atoms with E-state index in [-0.39, 0.29) is 11.3 Å². The molecule has 1 fully saturated rings. The Kier molecular flexibility index (Phi) is 3.98. The molecular weight excluding hydrogens is 271 g/mol. The Morgan fingerprint density at radius 1 is 1.29 bits per heavy atom. The molecule has 0 aliphatic heterocycles. The van der Waals surface area contributed by atoms with Crippen LogP contribution in [0.2, 0.25) is 0 Å². The fourth-order valence-corrected chi connectivity index (χ4v) is 3.47. The zero-order valence-corrected chi connectivity index (χ0v) is 10.7. The highest BCUT2D eigenvalue weighted by atomic mass is 35.5. The van der Waals surface area contributed by atoms with Crippen molar-refractivity contribution in [2.45, 2.75) is 49.6 Å². The Balaban J connectivity index is 2.13. The summed E-state index contributed by atoms with van der Waals surface area (Å²) in [6.45, 7) is 0. The molecule has 17 heavy (non-hydrogen) atoms. The largest absolute Gasteiger partial charge is 0.443 e. The van der Waals surface area contributed by atoms with Crippen molar-refractivity contribution in [3.8, 4) is 0 Å². The van der Waals surface area contributed by atoms with Gasteiger partial charge >= 0.3 is 6.18 Å². The van der Waals surface area contributed by atoms with Gasteiger partial charge in [-0.25, -0.2) is 4.98 Å². The van der Waals surface area contributed by atoms with Crippen molar-refractivity contribution in [1.29, 1.82) is 0 Å². The Labute approximate surface area is 107 Å². The van der Waals surface area contributed by atoms with Gasteiger partial charge in [0.25, 0.3) is 0 Å². The van der Waals surface area contributed by atoms with E-state index in [0.29, 0.717) is 0 Å². The van der Waals surface area contributed by atoms with Crippen molar-refractivity contribution in [2.24, 2.45) is 0 Å². The summed E-state index contributed by atoms with van der Waals surface area (Å²) in [7, 11) is 0. The summed E-state index contributed by atoms with van der Waals surface area (Å²) in [6, 6.07) is 0. The fraction of sp³-hybridized carbons (Fsp3) is 0.727. The monoisotopic (exact) mass is 283 g/mol. The Morgan fingerprint density at radius 3 is 2.65 bits per heavy atom. The summed E-state index contributed by atoms with van der Waals surface area (Å²) in [4.78, 5) is 4.20. The molecular formula is C11H13ClF3NS. The molecule has 2 rings (SSSR count). The highest BCUT2D eigenvalue weighted by Crippen LogP contribution is 2.40. The second-order valence-corrected chi connectivity index (χ2v) is 6.06. The maximum Gasteiger partial charge on any atom is 0.443 e. The molecule has 1 aromatic heterocycles.